The molecule has 5 heteroatoms. The monoisotopic (exact) mass is 329 g/mol. The first-order valence-electron chi connectivity index (χ1n) is 7.47. The van der Waals surface area contributed by atoms with Gasteiger partial charge in [0.15, 0.2) is 0 Å². The molecule has 0 amide bonds. The van der Waals surface area contributed by atoms with Crippen molar-refractivity contribution < 1.29 is 8.42 Å². The number of aryl methyl sites for hydroxylation is 1. The van der Waals surface area contributed by atoms with Gasteiger partial charge in [-0.05, 0) is 55.4 Å². The molecule has 0 bridgehead atoms. The summed E-state index contributed by atoms with van der Waals surface area (Å²) in [6, 6.07) is 3.81. The predicted octanol–water partition coefficient (Wildman–Crippen LogP) is 3.85. The average molecular weight is 330 g/mol. The van der Waals surface area contributed by atoms with E-state index in [4.69, 9.17) is 11.6 Å². The maximum Gasteiger partial charge on any atom is 0.243 e. The number of benzene rings is 1. The summed E-state index contributed by atoms with van der Waals surface area (Å²) < 4.78 is 27.8. The normalized spacial score (nSPS) is 20.4. The van der Waals surface area contributed by atoms with E-state index in [0.29, 0.717) is 23.2 Å². The van der Waals surface area contributed by atoms with Gasteiger partial charge in [0, 0.05) is 18.5 Å². The number of halogens is 1. The zero-order chi connectivity index (χ0) is 15.8. The third-order valence-electron chi connectivity index (χ3n) is 4.44. The van der Waals surface area contributed by atoms with Gasteiger partial charge < -0.3 is 0 Å². The summed E-state index contributed by atoms with van der Waals surface area (Å²) in [6.45, 7) is 8.61. The van der Waals surface area contributed by atoms with Gasteiger partial charge >= 0.3 is 0 Å². The number of sulfonamides is 1. The van der Waals surface area contributed by atoms with E-state index < -0.39 is 10.0 Å². The van der Waals surface area contributed by atoms with Crippen molar-refractivity contribution in [2.24, 2.45) is 5.92 Å². The number of alkyl halides is 1. The Morgan fingerprint density at radius 3 is 2.57 bits per heavy atom. The zero-order valence-electron chi connectivity index (χ0n) is 13.2. The van der Waals surface area contributed by atoms with E-state index in [2.05, 4.69) is 13.8 Å². The number of rotatable bonds is 4. The Kier molecular flexibility index (Phi) is 5.01. The van der Waals surface area contributed by atoms with E-state index in [1.807, 2.05) is 19.9 Å². The van der Waals surface area contributed by atoms with Crippen molar-refractivity contribution in [1.29, 1.82) is 0 Å². The molecule has 2 rings (SSSR count). The Morgan fingerprint density at radius 1 is 1.33 bits per heavy atom. The second kappa shape index (κ2) is 6.27. The van der Waals surface area contributed by atoms with Crippen molar-refractivity contribution in [1.82, 2.24) is 4.31 Å². The molecule has 0 saturated carbocycles. The molecule has 1 atom stereocenters. The van der Waals surface area contributed by atoms with Crippen molar-refractivity contribution in [2.45, 2.75) is 57.4 Å². The van der Waals surface area contributed by atoms with Gasteiger partial charge in [-0.3, -0.25) is 0 Å². The molecular formula is C16H24ClNO2S. The highest BCUT2D eigenvalue weighted by molar-refractivity contribution is 7.89. The molecule has 1 aliphatic heterocycles. The van der Waals surface area contributed by atoms with Gasteiger partial charge in [-0.25, -0.2) is 8.42 Å². The number of nitrogens with zero attached hydrogens (tertiary/aromatic N) is 1. The molecule has 1 aliphatic rings. The van der Waals surface area contributed by atoms with Crippen molar-refractivity contribution in [3.63, 3.8) is 0 Å². The summed E-state index contributed by atoms with van der Waals surface area (Å²) in [5.41, 5.74) is 2.67. The third-order valence-corrected chi connectivity index (χ3v) is 6.80. The standard InChI is InChI=1S/C16H24ClNO2S/c1-11(2)15-6-5-7-18(15)21(19,20)16-9-14(10-17)8-12(3)13(16)4/h8-9,11,15H,5-7,10H2,1-4H3. The fourth-order valence-electron chi connectivity index (χ4n) is 3.10. The lowest BCUT2D eigenvalue weighted by molar-refractivity contribution is 0.315. The smallest absolute Gasteiger partial charge is 0.207 e. The minimum atomic E-state index is -3.44. The van der Waals surface area contributed by atoms with Gasteiger partial charge in [0.05, 0.1) is 4.90 Å². The molecule has 0 aromatic heterocycles. The van der Waals surface area contributed by atoms with Crippen LogP contribution in [0.15, 0.2) is 17.0 Å². The van der Waals surface area contributed by atoms with Crippen molar-refractivity contribution in [2.75, 3.05) is 6.54 Å². The molecule has 1 unspecified atom stereocenters. The average Bonchev–Trinajstić information content (AvgIpc) is 2.91. The largest absolute Gasteiger partial charge is 0.243 e. The molecule has 0 aliphatic carbocycles. The minimum absolute atomic E-state index is 0.106. The van der Waals surface area contributed by atoms with Crippen molar-refractivity contribution in [3.05, 3.63) is 28.8 Å². The number of hydrogen-bond donors (Lipinski definition) is 0. The summed E-state index contributed by atoms with van der Waals surface area (Å²) in [6.07, 6.45) is 1.89. The summed E-state index contributed by atoms with van der Waals surface area (Å²) in [5, 5.41) is 0. The van der Waals surface area contributed by atoms with E-state index in [0.717, 1.165) is 29.5 Å². The van der Waals surface area contributed by atoms with Crippen LogP contribution in [-0.2, 0) is 15.9 Å². The van der Waals surface area contributed by atoms with E-state index in [1.165, 1.54) is 0 Å². The van der Waals surface area contributed by atoms with Crippen LogP contribution in [0.25, 0.3) is 0 Å². The summed E-state index contributed by atoms with van der Waals surface area (Å²) in [7, 11) is -3.44. The molecule has 0 spiro atoms. The molecule has 1 fully saturated rings. The highest BCUT2D eigenvalue weighted by Crippen LogP contribution is 2.32. The fraction of sp³-hybridized carbons (Fsp3) is 0.625. The SMILES string of the molecule is Cc1cc(CCl)cc(S(=O)(=O)N2CCCC2C(C)C)c1C. The van der Waals surface area contributed by atoms with Gasteiger partial charge in [-0.2, -0.15) is 4.31 Å². The van der Waals surface area contributed by atoms with Crippen LogP contribution in [0.5, 0.6) is 0 Å². The lowest BCUT2D eigenvalue weighted by Gasteiger charge is -2.28. The van der Waals surface area contributed by atoms with E-state index in [9.17, 15) is 8.42 Å². The van der Waals surface area contributed by atoms with Gasteiger partial charge in [0.2, 0.25) is 10.0 Å². The van der Waals surface area contributed by atoms with Crippen LogP contribution in [0, 0.1) is 19.8 Å². The maximum atomic E-state index is 13.1. The van der Waals surface area contributed by atoms with E-state index in [1.54, 1.807) is 10.4 Å². The maximum absolute atomic E-state index is 13.1. The quantitative estimate of drug-likeness (QED) is 0.787. The first kappa shape index (κ1) is 16.8. The molecule has 1 saturated heterocycles. The van der Waals surface area contributed by atoms with Crippen LogP contribution in [-0.4, -0.2) is 25.3 Å². The minimum Gasteiger partial charge on any atom is -0.207 e. The molecule has 1 aromatic rings. The number of hydrogen-bond acceptors (Lipinski definition) is 2. The summed E-state index contributed by atoms with van der Waals surface area (Å²) in [5.74, 6) is 0.664. The van der Waals surface area contributed by atoms with Gasteiger partial charge in [0.1, 0.15) is 0 Å². The second-order valence-electron chi connectivity index (χ2n) is 6.24. The molecule has 1 heterocycles. The van der Waals surface area contributed by atoms with Crippen molar-refractivity contribution in [3.8, 4) is 0 Å². The Hall–Kier alpha value is -0.580. The van der Waals surface area contributed by atoms with E-state index in [-0.39, 0.29) is 6.04 Å². The van der Waals surface area contributed by atoms with Gasteiger partial charge in [-0.1, -0.05) is 19.9 Å². The first-order chi connectivity index (χ1) is 9.78. The highest BCUT2D eigenvalue weighted by atomic mass is 35.5. The molecule has 0 radical (unpaired) electrons. The van der Waals surface area contributed by atoms with Crippen LogP contribution in [0.1, 0.15) is 43.4 Å². The predicted molar refractivity (Wildman–Crippen MR) is 87.2 cm³/mol. The lowest BCUT2D eigenvalue weighted by atomic mass is 10.0. The third kappa shape index (κ3) is 3.13. The molecule has 1 aromatic carbocycles. The molecular weight excluding hydrogens is 306 g/mol. The highest BCUT2D eigenvalue weighted by Gasteiger charge is 2.37. The zero-order valence-corrected chi connectivity index (χ0v) is 14.8. The van der Waals surface area contributed by atoms with Gasteiger partial charge in [0.25, 0.3) is 0 Å². The topological polar surface area (TPSA) is 37.4 Å². The second-order valence-corrected chi connectivity index (χ2v) is 8.37. The van der Waals surface area contributed by atoms with Crippen LogP contribution in [0.2, 0.25) is 0 Å². The van der Waals surface area contributed by atoms with E-state index >= 15 is 0 Å². The molecule has 3 nitrogen and oxygen atoms in total. The van der Waals surface area contributed by atoms with Gasteiger partial charge in [-0.15, -0.1) is 11.6 Å². The lowest BCUT2D eigenvalue weighted by Crippen LogP contribution is -2.38. The van der Waals surface area contributed by atoms with Crippen LogP contribution < -0.4 is 0 Å². The first-order valence-corrected chi connectivity index (χ1v) is 9.44. The molecule has 0 N–H and O–H groups in total. The molecule has 21 heavy (non-hydrogen) atoms. The summed E-state index contributed by atoms with van der Waals surface area (Å²) >= 11 is 5.90. The van der Waals surface area contributed by atoms with Crippen LogP contribution in [0.3, 0.4) is 0 Å². The van der Waals surface area contributed by atoms with Crippen LogP contribution in [0.4, 0.5) is 0 Å². The summed E-state index contributed by atoms with van der Waals surface area (Å²) in [4.78, 5) is 0.422. The Balaban J connectivity index is 2.51. The molecule has 118 valence electrons. The van der Waals surface area contributed by atoms with Crippen LogP contribution >= 0.6 is 11.6 Å². The Morgan fingerprint density at radius 2 is 2.00 bits per heavy atom. The fourth-order valence-corrected chi connectivity index (χ4v) is 5.43. The van der Waals surface area contributed by atoms with Crippen molar-refractivity contribution >= 4 is 21.6 Å². The Labute approximate surface area is 133 Å². The Bertz CT molecular complexity index is 625.